The Bertz CT molecular complexity index is 1410. The fourth-order valence-electron chi connectivity index (χ4n) is 3.78. The van der Waals surface area contributed by atoms with Gasteiger partial charge in [0, 0.05) is 11.0 Å². The van der Waals surface area contributed by atoms with Crippen LogP contribution in [0.15, 0.2) is 44.0 Å². The number of carbonyl (C=O) groups is 2. The summed E-state index contributed by atoms with van der Waals surface area (Å²) in [6.45, 7) is 2.08. The van der Waals surface area contributed by atoms with Gasteiger partial charge in [-0.3, -0.25) is 9.59 Å². The lowest BCUT2D eigenvalue weighted by Crippen LogP contribution is -2.47. The SMILES string of the molecule is CCOC(=O)Cn1c(=NC(=O)C2CCCCN2S(=O)(=O)c2ccc(Cl)s2)sc2cc(Br)ccc21. The molecule has 0 bridgehead atoms. The van der Waals surface area contributed by atoms with E-state index in [0.717, 1.165) is 26.0 Å². The summed E-state index contributed by atoms with van der Waals surface area (Å²) in [5, 5.41) is 0. The molecule has 1 aromatic carbocycles. The number of hydrogen-bond donors (Lipinski definition) is 0. The quantitative estimate of drug-likeness (QED) is 0.387. The molecular formula is C21H21BrClN3O5S3. The van der Waals surface area contributed by atoms with Gasteiger partial charge in [0.2, 0.25) is 0 Å². The minimum atomic E-state index is -3.89. The Balaban J connectivity index is 1.74. The number of amides is 1. The maximum absolute atomic E-state index is 13.3. The molecule has 1 aliphatic rings. The Hall–Kier alpha value is -1.57. The van der Waals surface area contributed by atoms with Crippen molar-refractivity contribution >= 4 is 82.3 Å². The normalized spacial score (nSPS) is 17.9. The summed E-state index contributed by atoms with van der Waals surface area (Å²) in [4.78, 5) is 30.2. The summed E-state index contributed by atoms with van der Waals surface area (Å²) in [6, 6.07) is 7.60. The number of benzene rings is 1. The summed E-state index contributed by atoms with van der Waals surface area (Å²) in [6.07, 6.45) is 1.74. The molecule has 182 valence electrons. The van der Waals surface area contributed by atoms with E-state index >= 15 is 0 Å². The second-order valence-corrected chi connectivity index (χ2v) is 13.3. The van der Waals surface area contributed by atoms with Crippen LogP contribution in [0.25, 0.3) is 10.2 Å². The number of thiazole rings is 1. The number of halogens is 2. The summed E-state index contributed by atoms with van der Waals surface area (Å²) in [5.74, 6) is -1.01. The van der Waals surface area contributed by atoms with Crippen molar-refractivity contribution in [1.82, 2.24) is 8.87 Å². The van der Waals surface area contributed by atoms with Gasteiger partial charge in [0.15, 0.2) is 4.80 Å². The van der Waals surface area contributed by atoms with Gasteiger partial charge in [0.25, 0.3) is 15.9 Å². The summed E-state index contributed by atoms with van der Waals surface area (Å²) in [7, 11) is -3.89. The molecule has 1 fully saturated rings. The molecule has 0 saturated carbocycles. The third kappa shape index (κ3) is 5.31. The first-order valence-electron chi connectivity index (χ1n) is 10.5. The second kappa shape index (κ2) is 10.6. The third-order valence-corrected chi connectivity index (χ3v) is 10.4. The monoisotopic (exact) mass is 605 g/mol. The molecule has 1 saturated heterocycles. The van der Waals surface area contributed by atoms with Crippen molar-refractivity contribution < 1.29 is 22.7 Å². The molecule has 2 aromatic heterocycles. The summed E-state index contributed by atoms with van der Waals surface area (Å²) in [5.41, 5.74) is 0.731. The number of ether oxygens (including phenoxy) is 1. The summed E-state index contributed by atoms with van der Waals surface area (Å²) >= 11 is 11.6. The number of fused-ring (bicyclic) bond motifs is 1. The Morgan fingerprint density at radius 3 is 2.74 bits per heavy atom. The lowest BCUT2D eigenvalue weighted by atomic mass is 10.0. The van der Waals surface area contributed by atoms with Crippen LogP contribution in [-0.4, -0.2) is 48.4 Å². The molecule has 4 rings (SSSR count). The second-order valence-electron chi connectivity index (χ2n) is 7.52. The van der Waals surface area contributed by atoms with Crippen LogP contribution in [-0.2, 0) is 30.9 Å². The smallest absolute Gasteiger partial charge is 0.326 e. The van der Waals surface area contributed by atoms with Gasteiger partial charge in [-0.1, -0.05) is 45.3 Å². The van der Waals surface area contributed by atoms with Crippen molar-refractivity contribution in [3.8, 4) is 0 Å². The van der Waals surface area contributed by atoms with Gasteiger partial charge >= 0.3 is 5.97 Å². The molecule has 3 heterocycles. The molecular weight excluding hydrogens is 586 g/mol. The van der Waals surface area contributed by atoms with Crippen molar-refractivity contribution in [3.05, 3.63) is 43.9 Å². The Labute approximate surface area is 218 Å². The number of hydrogen-bond acceptors (Lipinski definition) is 7. The number of sulfonamides is 1. The van der Waals surface area contributed by atoms with Crippen LogP contribution >= 0.6 is 50.2 Å². The van der Waals surface area contributed by atoms with E-state index < -0.39 is 27.9 Å². The van der Waals surface area contributed by atoms with E-state index in [4.69, 9.17) is 16.3 Å². The Kier molecular flexibility index (Phi) is 7.95. The highest BCUT2D eigenvalue weighted by atomic mass is 79.9. The largest absolute Gasteiger partial charge is 0.465 e. The average molecular weight is 607 g/mol. The van der Waals surface area contributed by atoms with Crippen molar-refractivity contribution in [2.45, 2.75) is 43.0 Å². The number of esters is 1. The molecule has 1 aliphatic heterocycles. The number of rotatable bonds is 6. The molecule has 13 heteroatoms. The lowest BCUT2D eigenvalue weighted by Gasteiger charge is -2.31. The van der Waals surface area contributed by atoms with Gasteiger partial charge in [0.1, 0.15) is 16.8 Å². The number of thiophene rings is 1. The van der Waals surface area contributed by atoms with Crippen LogP contribution in [0.5, 0.6) is 0 Å². The van der Waals surface area contributed by atoms with E-state index in [1.54, 1.807) is 11.5 Å². The first kappa shape index (κ1) is 25.5. The highest BCUT2D eigenvalue weighted by Crippen LogP contribution is 2.32. The molecule has 0 N–H and O–H groups in total. The molecule has 1 amide bonds. The van der Waals surface area contributed by atoms with E-state index in [1.165, 1.54) is 27.8 Å². The van der Waals surface area contributed by atoms with E-state index in [0.29, 0.717) is 28.4 Å². The van der Waals surface area contributed by atoms with Crippen LogP contribution in [0, 0.1) is 0 Å². The van der Waals surface area contributed by atoms with E-state index in [2.05, 4.69) is 20.9 Å². The van der Waals surface area contributed by atoms with Gasteiger partial charge in [-0.2, -0.15) is 9.30 Å². The molecule has 0 aliphatic carbocycles. The molecule has 34 heavy (non-hydrogen) atoms. The molecule has 0 spiro atoms. The number of nitrogens with zero attached hydrogens (tertiary/aromatic N) is 3. The van der Waals surface area contributed by atoms with Gasteiger partial charge < -0.3 is 9.30 Å². The predicted octanol–water partition coefficient (Wildman–Crippen LogP) is 4.41. The van der Waals surface area contributed by atoms with E-state index in [-0.39, 0.29) is 23.9 Å². The van der Waals surface area contributed by atoms with Gasteiger partial charge in [-0.25, -0.2) is 8.42 Å². The first-order chi connectivity index (χ1) is 16.2. The zero-order chi connectivity index (χ0) is 24.5. The predicted molar refractivity (Wildman–Crippen MR) is 136 cm³/mol. The van der Waals surface area contributed by atoms with Crippen molar-refractivity contribution in [1.29, 1.82) is 0 Å². The molecule has 0 radical (unpaired) electrons. The average Bonchev–Trinajstić information content (AvgIpc) is 3.37. The van der Waals surface area contributed by atoms with Crippen molar-refractivity contribution in [2.24, 2.45) is 4.99 Å². The van der Waals surface area contributed by atoms with Crippen LogP contribution < -0.4 is 4.80 Å². The zero-order valence-corrected chi connectivity index (χ0v) is 22.9. The van der Waals surface area contributed by atoms with Gasteiger partial charge in [-0.05, 0) is 50.1 Å². The minimum Gasteiger partial charge on any atom is -0.465 e. The Morgan fingerprint density at radius 2 is 2.03 bits per heavy atom. The molecule has 1 unspecified atom stereocenters. The van der Waals surface area contributed by atoms with Gasteiger partial charge in [0.05, 0.1) is 21.2 Å². The van der Waals surface area contributed by atoms with Crippen LogP contribution in [0.1, 0.15) is 26.2 Å². The maximum atomic E-state index is 13.3. The van der Waals surface area contributed by atoms with Crippen LogP contribution in [0.2, 0.25) is 4.34 Å². The van der Waals surface area contributed by atoms with Crippen molar-refractivity contribution in [3.63, 3.8) is 0 Å². The van der Waals surface area contributed by atoms with Crippen LogP contribution in [0.3, 0.4) is 0 Å². The minimum absolute atomic E-state index is 0.0984. The topological polar surface area (TPSA) is 98.0 Å². The zero-order valence-electron chi connectivity index (χ0n) is 18.1. The van der Waals surface area contributed by atoms with Gasteiger partial charge in [-0.15, -0.1) is 11.3 Å². The summed E-state index contributed by atoms with van der Waals surface area (Å²) < 4.78 is 36.6. The molecule has 1 atom stereocenters. The molecule has 3 aromatic rings. The number of piperidine rings is 1. The van der Waals surface area contributed by atoms with E-state index in [1.807, 2.05) is 18.2 Å². The van der Waals surface area contributed by atoms with Crippen LogP contribution in [0.4, 0.5) is 0 Å². The number of carbonyl (C=O) groups excluding carboxylic acids is 2. The fraction of sp³-hybridized carbons (Fsp3) is 0.381. The fourth-order valence-corrected chi connectivity index (χ4v) is 8.63. The highest BCUT2D eigenvalue weighted by Gasteiger charge is 2.38. The molecule has 8 nitrogen and oxygen atoms in total. The van der Waals surface area contributed by atoms with Crippen molar-refractivity contribution in [2.75, 3.05) is 13.2 Å². The lowest BCUT2D eigenvalue weighted by molar-refractivity contribution is -0.143. The Morgan fingerprint density at radius 1 is 1.24 bits per heavy atom. The van der Waals surface area contributed by atoms with E-state index in [9.17, 15) is 18.0 Å². The first-order valence-corrected chi connectivity index (χ1v) is 14.8. The standard InChI is InChI=1S/C21H21BrClN3O5S3/c1-2-31-18(27)12-25-14-7-6-13(22)11-16(14)32-21(25)24-20(28)15-5-3-4-10-26(15)34(29,30)19-9-8-17(23)33-19/h6-9,11,15H,2-5,10,12H2,1H3. The third-order valence-electron chi connectivity index (χ3n) is 5.29. The maximum Gasteiger partial charge on any atom is 0.326 e. The number of aromatic nitrogens is 1. The highest BCUT2D eigenvalue weighted by molar-refractivity contribution is 9.10.